The number of hydrogen-bond donors (Lipinski definition) is 0. The molecule has 3 heterocycles. The van der Waals surface area contributed by atoms with Gasteiger partial charge in [0.2, 0.25) is 0 Å². The summed E-state index contributed by atoms with van der Waals surface area (Å²) in [4.78, 5) is 9.31. The minimum absolute atomic E-state index is 0.509. The molecule has 2 atom stereocenters. The van der Waals surface area contributed by atoms with Crippen molar-refractivity contribution in [3.8, 4) is 0 Å². The van der Waals surface area contributed by atoms with Gasteiger partial charge in [-0.05, 0) is 61.7 Å². The molecule has 22 heavy (non-hydrogen) atoms. The van der Waals surface area contributed by atoms with Crippen molar-refractivity contribution in [3.05, 3.63) is 60.1 Å². The van der Waals surface area contributed by atoms with Crippen LogP contribution in [0.1, 0.15) is 24.8 Å². The molecule has 3 nitrogen and oxygen atoms in total. The third kappa shape index (κ3) is 2.50. The van der Waals surface area contributed by atoms with Crippen molar-refractivity contribution < 1.29 is 0 Å². The molecule has 0 saturated carbocycles. The first kappa shape index (κ1) is 13.8. The first-order chi connectivity index (χ1) is 10.8. The average Bonchev–Trinajstić information content (AvgIpc) is 3.15. The molecule has 0 aromatic carbocycles. The standard InChI is InChI=1S/C19H23N3/c1-21-10-3-5-18(21)14-22-11-8-15-6-7-16(12-19(15)22)17-4-2-9-20-13-17/h2,4,6-9,11,13,18-19H,3,5,10,12,14H2,1H3/t18-,19?/m1/s1. The van der Waals surface area contributed by atoms with Gasteiger partial charge in [0, 0.05) is 31.2 Å². The Morgan fingerprint density at radius 1 is 1.32 bits per heavy atom. The summed E-state index contributed by atoms with van der Waals surface area (Å²) in [7, 11) is 2.26. The van der Waals surface area contributed by atoms with Crippen LogP contribution in [0.2, 0.25) is 0 Å². The summed E-state index contributed by atoms with van der Waals surface area (Å²) in [5.41, 5.74) is 4.10. The van der Waals surface area contributed by atoms with Crippen LogP contribution in [0.15, 0.2) is 54.5 Å². The molecule has 0 N–H and O–H groups in total. The number of aromatic nitrogens is 1. The van der Waals surface area contributed by atoms with Gasteiger partial charge >= 0.3 is 0 Å². The number of likely N-dealkylation sites (N-methyl/N-ethyl adjacent to an activating group) is 1. The van der Waals surface area contributed by atoms with Crippen LogP contribution < -0.4 is 0 Å². The highest BCUT2D eigenvalue weighted by atomic mass is 15.2. The average molecular weight is 293 g/mol. The number of likely N-dealkylation sites (tertiary alicyclic amines) is 1. The van der Waals surface area contributed by atoms with E-state index in [1.807, 2.05) is 18.5 Å². The maximum atomic E-state index is 4.26. The Kier molecular flexibility index (Phi) is 3.59. The molecule has 2 aliphatic heterocycles. The molecule has 0 radical (unpaired) electrons. The second kappa shape index (κ2) is 5.73. The summed E-state index contributed by atoms with van der Waals surface area (Å²) in [5, 5.41) is 0. The highest BCUT2D eigenvalue weighted by Gasteiger charge is 2.31. The van der Waals surface area contributed by atoms with E-state index in [0.29, 0.717) is 12.1 Å². The first-order valence-electron chi connectivity index (χ1n) is 8.26. The van der Waals surface area contributed by atoms with Gasteiger partial charge in [0.15, 0.2) is 0 Å². The summed E-state index contributed by atoms with van der Waals surface area (Å²) in [6.07, 6.45) is 16.7. The zero-order chi connectivity index (χ0) is 14.9. The van der Waals surface area contributed by atoms with Crippen molar-refractivity contribution in [2.75, 3.05) is 20.1 Å². The highest BCUT2D eigenvalue weighted by Crippen LogP contribution is 2.34. The van der Waals surface area contributed by atoms with Crippen LogP contribution in [0.4, 0.5) is 0 Å². The van der Waals surface area contributed by atoms with Crippen LogP contribution in [0.3, 0.4) is 0 Å². The monoisotopic (exact) mass is 293 g/mol. The topological polar surface area (TPSA) is 19.4 Å². The maximum absolute atomic E-state index is 4.26. The second-order valence-electron chi connectivity index (χ2n) is 6.61. The number of allylic oxidation sites excluding steroid dienone is 2. The largest absolute Gasteiger partial charge is 0.368 e. The predicted molar refractivity (Wildman–Crippen MR) is 90.2 cm³/mol. The van der Waals surface area contributed by atoms with Crippen LogP contribution in [-0.4, -0.2) is 47.0 Å². The molecule has 3 heteroatoms. The Hall–Kier alpha value is -1.87. The molecule has 1 saturated heterocycles. The first-order valence-corrected chi connectivity index (χ1v) is 8.26. The number of hydrogen-bond acceptors (Lipinski definition) is 3. The molecule has 114 valence electrons. The highest BCUT2D eigenvalue weighted by molar-refractivity contribution is 5.70. The molecule has 1 aromatic heterocycles. The summed E-state index contributed by atoms with van der Waals surface area (Å²) in [6, 6.07) is 5.40. The summed E-state index contributed by atoms with van der Waals surface area (Å²) >= 11 is 0. The molecule has 0 amide bonds. The van der Waals surface area contributed by atoms with E-state index in [-0.39, 0.29) is 0 Å². The van der Waals surface area contributed by atoms with Gasteiger partial charge in [-0.25, -0.2) is 0 Å². The van der Waals surface area contributed by atoms with E-state index in [4.69, 9.17) is 0 Å². The normalized spacial score (nSPS) is 27.8. The SMILES string of the molecule is CN1CCC[C@@H]1CN1C=CC2=CC=C(c3cccnc3)CC21. The second-order valence-corrected chi connectivity index (χ2v) is 6.61. The lowest BCUT2D eigenvalue weighted by Crippen LogP contribution is -2.40. The van der Waals surface area contributed by atoms with E-state index in [0.717, 1.165) is 13.0 Å². The van der Waals surface area contributed by atoms with Crippen LogP contribution in [0.25, 0.3) is 5.57 Å². The Bertz CT molecular complexity index is 629. The Morgan fingerprint density at radius 2 is 2.27 bits per heavy atom. The smallest absolute Gasteiger partial charge is 0.0578 e. The zero-order valence-electron chi connectivity index (χ0n) is 13.2. The minimum atomic E-state index is 0.509. The van der Waals surface area contributed by atoms with Gasteiger partial charge in [0.05, 0.1) is 6.04 Å². The van der Waals surface area contributed by atoms with Gasteiger partial charge in [-0.1, -0.05) is 18.2 Å². The molecular formula is C19H23N3. The maximum Gasteiger partial charge on any atom is 0.0578 e. The molecule has 3 aliphatic rings. The molecule has 1 fully saturated rings. The fraction of sp³-hybridized carbons (Fsp3) is 0.421. The zero-order valence-corrected chi connectivity index (χ0v) is 13.2. The van der Waals surface area contributed by atoms with Gasteiger partial charge < -0.3 is 9.80 Å². The van der Waals surface area contributed by atoms with Crippen molar-refractivity contribution in [2.45, 2.75) is 31.3 Å². The lowest BCUT2D eigenvalue weighted by Gasteiger charge is -2.33. The van der Waals surface area contributed by atoms with Crippen molar-refractivity contribution >= 4 is 5.57 Å². The van der Waals surface area contributed by atoms with E-state index in [1.54, 1.807) is 0 Å². The number of rotatable bonds is 3. The summed E-state index contributed by atoms with van der Waals surface area (Å²) < 4.78 is 0. The predicted octanol–water partition coefficient (Wildman–Crippen LogP) is 3.09. The molecule has 1 aromatic rings. The van der Waals surface area contributed by atoms with E-state index in [1.165, 1.54) is 36.1 Å². The third-order valence-corrected chi connectivity index (χ3v) is 5.26. The van der Waals surface area contributed by atoms with Gasteiger partial charge in [-0.15, -0.1) is 0 Å². The van der Waals surface area contributed by atoms with Gasteiger partial charge in [0.1, 0.15) is 0 Å². The Balaban J connectivity index is 1.50. The van der Waals surface area contributed by atoms with Crippen LogP contribution >= 0.6 is 0 Å². The van der Waals surface area contributed by atoms with Crippen molar-refractivity contribution in [1.82, 2.24) is 14.8 Å². The number of pyridine rings is 1. The van der Waals surface area contributed by atoms with Crippen molar-refractivity contribution in [3.63, 3.8) is 0 Å². The van der Waals surface area contributed by atoms with Gasteiger partial charge in [0.25, 0.3) is 0 Å². The fourth-order valence-electron chi connectivity index (χ4n) is 3.87. The van der Waals surface area contributed by atoms with E-state index in [9.17, 15) is 0 Å². The number of fused-ring (bicyclic) bond motifs is 1. The van der Waals surface area contributed by atoms with E-state index in [2.05, 4.69) is 52.3 Å². The molecule has 4 rings (SSSR count). The molecule has 1 aliphatic carbocycles. The Labute approximate surface area is 132 Å². The summed E-state index contributed by atoms with van der Waals surface area (Å²) in [5.74, 6) is 0. The van der Waals surface area contributed by atoms with E-state index < -0.39 is 0 Å². The van der Waals surface area contributed by atoms with Gasteiger partial charge in [-0.3, -0.25) is 4.98 Å². The van der Waals surface area contributed by atoms with Crippen LogP contribution in [0.5, 0.6) is 0 Å². The van der Waals surface area contributed by atoms with Gasteiger partial charge in [-0.2, -0.15) is 0 Å². The third-order valence-electron chi connectivity index (χ3n) is 5.26. The van der Waals surface area contributed by atoms with Crippen molar-refractivity contribution in [1.29, 1.82) is 0 Å². The summed E-state index contributed by atoms with van der Waals surface area (Å²) in [6.45, 7) is 2.39. The fourth-order valence-corrected chi connectivity index (χ4v) is 3.87. The van der Waals surface area contributed by atoms with Crippen LogP contribution in [-0.2, 0) is 0 Å². The lowest BCUT2D eigenvalue weighted by atomic mass is 9.90. The minimum Gasteiger partial charge on any atom is -0.368 e. The lowest BCUT2D eigenvalue weighted by molar-refractivity contribution is 0.220. The number of nitrogens with zero attached hydrogens (tertiary/aromatic N) is 3. The molecule has 0 spiro atoms. The quantitative estimate of drug-likeness (QED) is 0.854. The molecular weight excluding hydrogens is 270 g/mol. The molecule has 0 bridgehead atoms. The van der Waals surface area contributed by atoms with E-state index >= 15 is 0 Å². The van der Waals surface area contributed by atoms with Crippen molar-refractivity contribution in [2.24, 2.45) is 0 Å². The Morgan fingerprint density at radius 3 is 3.05 bits per heavy atom. The van der Waals surface area contributed by atoms with Crippen LogP contribution in [0, 0.1) is 0 Å². The molecule has 1 unspecified atom stereocenters.